The second-order valence-corrected chi connectivity index (χ2v) is 7.63. The highest BCUT2D eigenvalue weighted by Gasteiger charge is 2.22. The number of aromatic nitrogens is 4. The molecule has 3 heterocycles. The van der Waals surface area contributed by atoms with Crippen molar-refractivity contribution in [1.82, 2.24) is 24.6 Å². The van der Waals surface area contributed by atoms with Gasteiger partial charge in [0, 0.05) is 62.4 Å². The van der Waals surface area contributed by atoms with E-state index in [0.717, 1.165) is 61.8 Å². The van der Waals surface area contributed by atoms with Crippen LogP contribution in [0.15, 0.2) is 49.1 Å². The molecule has 0 aliphatic carbocycles. The van der Waals surface area contributed by atoms with Crippen LogP contribution < -0.4 is 4.90 Å². The van der Waals surface area contributed by atoms with Gasteiger partial charge in [-0.15, -0.1) is 12.4 Å². The molecule has 166 valence electrons. The van der Waals surface area contributed by atoms with Crippen molar-refractivity contribution in [3.63, 3.8) is 0 Å². The predicted octanol–water partition coefficient (Wildman–Crippen LogP) is 2.99. The van der Waals surface area contributed by atoms with Gasteiger partial charge in [0.2, 0.25) is 0 Å². The Bertz CT molecular complexity index is 959. The minimum absolute atomic E-state index is 0. The number of benzene rings is 1. The van der Waals surface area contributed by atoms with Crippen molar-refractivity contribution in [2.24, 2.45) is 0 Å². The number of aliphatic hydroxyl groups is 1. The topological polar surface area (TPSA) is 70.3 Å². The van der Waals surface area contributed by atoms with Crippen LogP contribution in [0.1, 0.15) is 18.9 Å². The fraction of sp³-hybridized carbons (Fsp3) is 0.409. The zero-order valence-corrected chi connectivity index (χ0v) is 18.4. The molecular formula is C22H28ClFN6O. The number of halogens is 2. The Morgan fingerprint density at radius 1 is 1.06 bits per heavy atom. The molecule has 31 heavy (non-hydrogen) atoms. The average Bonchev–Trinajstić information content (AvgIpc) is 3.21. The van der Waals surface area contributed by atoms with E-state index in [2.05, 4.69) is 24.9 Å². The number of piperazine rings is 1. The summed E-state index contributed by atoms with van der Waals surface area (Å²) in [5.74, 6) is 0.579. The zero-order valence-electron chi connectivity index (χ0n) is 17.6. The van der Waals surface area contributed by atoms with Gasteiger partial charge in [0.15, 0.2) is 5.82 Å². The Kier molecular flexibility index (Phi) is 7.95. The summed E-state index contributed by atoms with van der Waals surface area (Å²) in [6.45, 7) is 6.83. The summed E-state index contributed by atoms with van der Waals surface area (Å²) >= 11 is 0. The number of anilines is 1. The molecule has 1 aliphatic heterocycles. The lowest BCUT2D eigenvalue weighted by atomic mass is 10.1. The molecule has 0 amide bonds. The van der Waals surface area contributed by atoms with E-state index in [1.807, 2.05) is 24.0 Å². The summed E-state index contributed by atoms with van der Waals surface area (Å²) in [6.07, 6.45) is 7.63. The standard InChI is InChI=1S/C22H27FN6O.ClH/c1-2-20(30)16-29-15-17(13-26-29)14-27-9-11-28(12-10-27)22-21(24-7-8-25-22)18-3-5-19(23)6-4-18;/h3-8,13,15,20,30H,2,9-12,14,16H2,1H3;1H/t20-;/m0./s1. The van der Waals surface area contributed by atoms with Crippen molar-refractivity contribution < 1.29 is 9.50 Å². The first kappa shape index (κ1) is 23.1. The van der Waals surface area contributed by atoms with E-state index in [1.165, 1.54) is 12.1 Å². The van der Waals surface area contributed by atoms with Gasteiger partial charge in [-0.25, -0.2) is 9.37 Å². The monoisotopic (exact) mass is 446 g/mol. The quantitative estimate of drug-likeness (QED) is 0.601. The van der Waals surface area contributed by atoms with Crippen LogP contribution in [0.25, 0.3) is 11.3 Å². The van der Waals surface area contributed by atoms with Gasteiger partial charge in [-0.3, -0.25) is 14.6 Å². The third-order valence-electron chi connectivity index (χ3n) is 5.43. The summed E-state index contributed by atoms with van der Waals surface area (Å²) in [6, 6.07) is 6.38. The van der Waals surface area contributed by atoms with Crippen LogP contribution in [0.5, 0.6) is 0 Å². The van der Waals surface area contributed by atoms with Crippen LogP contribution in [-0.2, 0) is 13.1 Å². The van der Waals surface area contributed by atoms with Gasteiger partial charge in [0.05, 0.1) is 18.8 Å². The first-order valence-electron chi connectivity index (χ1n) is 10.4. The highest BCUT2D eigenvalue weighted by atomic mass is 35.5. The van der Waals surface area contributed by atoms with Gasteiger partial charge in [-0.05, 0) is 30.7 Å². The van der Waals surface area contributed by atoms with Crippen molar-refractivity contribution in [1.29, 1.82) is 0 Å². The fourth-order valence-corrected chi connectivity index (χ4v) is 3.68. The van der Waals surface area contributed by atoms with Crippen LogP contribution in [0, 0.1) is 5.82 Å². The van der Waals surface area contributed by atoms with Crippen LogP contribution in [-0.4, -0.2) is 62.0 Å². The average molecular weight is 447 g/mol. The Hall–Kier alpha value is -2.55. The third-order valence-corrected chi connectivity index (χ3v) is 5.43. The lowest BCUT2D eigenvalue weighted by molar-refractivity contribution is 0.145. The number of nitrogens with zero attached hydrogens (tertiary/aromatic N) is 6. The number of aliphatic hydroxyl groups excluding tert-OH is 1. The highest BCUT2D eigenvalue weighted by molar-refractivity contribution is 5.85. The Morgan fingerprint density at radius 2 is 1.77 bits per heavy atom. The summed E-state index contributed by atoms with van der Waals surface area (Å²) < 4.78 is 15.1. The minimum atomic E-state index is -0.358. The largest absolute Gasteiger partial charge is 0.391 e. The molecule has 1 saturated heterocycles. The van der Waals surface area contributed by atoms with Crippen LogP contribution in [0.2, 0.25) is 0 Å². The van der Waals surface area contributed by atoms with Crippen LogP contribution in [0.3, 0.4) is 0 Å². The summed E-state index contributed by atoms with van der Waals surface area (Å²) in [4.78, 5) is 13.7. The molecule has 1 aromatic carbocycles. The molecule has 0 unspecified atom stereocenters. The molecule has 1 fully saturated rings. The van der Waals surface area contributed by atoms with Gasteiger partial charge in [0.1, 0.15) is 11.5 Å². The number of hydrogen-bond donors (Lipinski definition) is 1. The van der Waals surface area contributed by atoms with E-state index in [0.29, 0.717) is 6.54 Å². The molecule has 9 heteroatoms. The smallest absolute Gasteiger partial charge is 0.155 e. The second-order valence-electron chi connectivity index (χ2n) is 7.63. The van der Waals surface area contributed by atoms with Gasteiger partial charge in [-0.2, -0.15) is 5.10 Å². The van der Waals surface area contributed by atoms with E-state index in [-0.39, 0.29) is 24.3 Å². The van der Waals surface area contributed by atoms with Crippen LogP contribution in [0.4, 0.5) is 10.2 Å². The van der Waals surface area contributed by atoms with E-state index >= 15 is 0 Å². The van der Waals surface area contributed by atoms with Crippen molar-refractivity contribution in [3.8, 4) is 11.3 Å². The second kappa shape index (κ2) is 10.7. The first-order chi connectivity index (χ1) is 14.6. The van der Waals surface area contributed by atoms with Crippen molar-refractivity contribution >= 4 is 18.2 Å². The predicted molar refractivity (Wildman–Crippen MR) is 121 cm³/mol. The SMILES string of the molecule is CC[C@H](O)Cn1cc(CN2CCN(c3nccnc3-c3ccc(F)cc3)CC2)cn1.Cl. The van der Waals surface area contributed by atoms with E-state index in [1.54, 1.807) is 24.5 Å². The zero-order chi connectivity index (χ0) is 20.9. The molecule has 4 rings (SSSR count). The van der Waals surface area contributed by atoms with E-state index in [4.69, 9.17) is 0 Å². The molecule has 2 aromatic heterocycles. The Labute approximate surface area is 188 Å². The maximum atomic E-state index is 13.3. The Balaban J connectivity index is 0.00000272. The molecule has 0 saturated carbocycles. The molecular weight excluding hydrogens is 419 g/mol. The molecule has 1 aliphatic rings. The lowest BCUT2D eigenvalue weighted by Crippen LogP contribution is -2.46. The van der Waals surface area contributed by atoms with Crippen molar-refractivity contribution in [2.75, 3.05) is 31.1 Å². The van der Waals surface area contributed by atoms with E-state index in [9.17, 15) is 9.50 Å². The Morgan fingerprint density at radius 3 is 2.48 bits per heavy atom. The molecule has 1 atom stereocenters. The van der Waals surface area contributed by atoms with Crippen LogP contribution >= 0.6 is 12.4 Å². The maximum absolute atomic E-state index is 13.3. The number of rotatable bonds is 7. The minimum Gasteiger partial charge on any atom is -0.391 e. The summed E-state index contributed by atoms with van der Waals surface area (Å²) in [7, 11) is 0. The first-order valence-corrected chi connectivity index (χ1v) is 10.4. The van der Waals surface area contributed by atoms with Gasteiger partial charge < -0.3 is 10.0 Å². The van der Waals surface area contributed by atoms with Crippen molar-refractivity contribution in [2.45, 2.75) is 32.5 Å². The lowest BCUT2D eigenvalue weighted by Gasteiger charge is -2.35. The fourth-order valence-electron chi connectivity index (χ4n) is 3.68. The maximum Gasteiger partial charge on any atom is 0.155 e. The van der Waals surface area contributed by atoms with Gasteiger partial charge in [-0.1, -0.05) is 6.92 Å². The molecule has 3 aromatic rings. The van der Waals surface area contributed by atoms with Gasteiger partial charge in [0.25, 0.3) is 0 Å². The molecule has 1 N–H and O–H groups in total. The molecule has 0 radical (unpaired) electrons. The highest BCUT2D eigenvalue weighted by Crippen LogP contribution is 2.27. The van der Waals surface area contributed by atoms with Gasteiger partial charge >= 0.3 is 0 Å². The summed E-state index contributed by atoms with van der Waals surface area (Å²) in [5.41, 5.74) is 2.79. The van der Waals surface area contributed by atoms with Crippen molar-refractivity contribution in [3.05, 3.63) is 60.4 Å². The third kappa shape index (κ3) is 5.78. The molecule has 7 nitrogen and oxygen atoms in total. The van der Waals surface area contributed by atoms with E-state index < -0.39 is 0 Å². The number of hydrogen-bond acceptors (Lipinski definition) is 6. The molecule has 0 spiro atoms. The summed E-state index contributed by atoms with van der Waals surface area (Å²) in [5, 5.41) is 14.1. The normalized spacial score (nSPS) is 15.5. The molecule has 0 bridgehead atoms.